The Kier molecular flexibility index (Phi) is 4.16. The van der Waals surface area contributed by atoms with E-state index in [1.807, 2.05) is 39.8 Å². The van der Waals surface area contributed by atoms with Crippen molar-refractivity contribution in [1.82, 2.24) is 9.88 Å². The number of nitrogens with zero attached hydrogens (tertiary/aromatic N) is 2. The fourth-order valence-electron chi connectivity index (χ4n) is 2.03. The molecule has 0 radical (unpaired) electrons. The molecule has 0 saturated carbocycles. The molecule has 1 atom stereocenters. The Hall–Kier alpha value is -1.78. The number of likely N-dealkylation sites (tertiary alicyclic amines) is 1. The van der Waals surface area contributed by atoms with Gasteiger partial charge in [0.25, 0.3) is 0 Å². The Morgan fingerprint density at radius 2 is 2.15 bits per heavy atom. The first-order chi connectivity index (χ1) is 9.33. The van der Waals surface area contributed by atoms with Gasteiger partial charge in [-0.2, -0.15) is 0 Å². The van der Waals surface area contributed by atoms with Crippen LogP contribution in [0.15, 0.2) is 18.3 Å². The summed E-state index contributed by atoms with van der Waals surface area (Å²) >= 11 is 0. The molecule has 0 bridgehead atoms. The third-order valence-electron chi connectivity index (χ3n) is 2.98. The molecule has 5 heteroatoms. The van der Waals surface area contributed by atoms with Crippen LogP contribution in [-0.4, -0.2) is 40.8 Å². The lowest BCUT2D eigenvalue weighted by atomic mass is 10.2. The molecule has 5 nitrogen and oxygen atoms in total. The van der Waals surface area contributed by atoms with Crippen molar-refractivity contribution in [2.75, 3.05) is 13.1 Å². The quantitative estimate of drug-likeness (QED) is 0.834. The minimum atomic E-state index is -0.461. The molecule has 0 N–H and O–H groups in total. The summed E-state index contributed by atoms with van der Waals surface area (Å²) in [6.45, 7) is 8.76. The summed E-state index contributed by atoms with van der Waals surface area (Å²) in [7, 11) is 0. The molecular formula is C15H22N2O3. The number of carbonyl (C=O) groups excluding carboxylic acids is 1. The normalized spacial score (nSPS) is 19.0. The molecule has 1 saturated heterocycles. The van der Waals surface area contributed by atoms with Crippen molar-refractivity contribution in [3.63, 3.8) is 0 Å². The van der Waals surface area contributed by atoms with Crippen LogP contribution >= 0.6 is 0 Å². The summed E-state index contributed by atoms with van der Waals surface area (Å²) in [6, 6.07) is 3.81. The van der Waals surface area contributed by atoms with Gasteiger partial charge in [-0.15, -0.1) is 0 Å². The summed E-state index contributed by atoms with van der Waals surface area (Å²) < 4.78 is 11.2. The van der Waals surface area contributed by atoms with Crippen LogP contribution < -0.4 is 4.74 Å². The highest BCUT2D eigenvalue weighted by atomic mass is 16.6. The molecule has 20 heavy (non-hydrogen) atoms. The number of aromatic nitrogens is 1. The van der Waals surface area contributed by atoms with Gasteiger partial charge in [-0.1, -0.05) is 0 Å². The summed E-state index contributed by atoms with van der Waals surface area (Å²) in [4.78, 5) is 17.8. The number of carbonyl (C=O) groups is 1. The van der Waals surface area contributed by atoms with Crippen LogP contribution in [0, 0.1) is 6.92 Å². The smallest absolute Gasteiger partial charge is 0.410 e. The van der Waals surface area contributed by atoms with E-state index in [4.69, 9.17) is 9.47 Å². The van der Waals surface area contributed by atoms with Crippen LogP contribution in [0.2, 0.25) is 0 Å². The van der Waals surface area contributed by atoms with Gasteiger partial charge in [0.05, 0.1) is 12.7 Å². The SMILES string of the molecule is Cc1ccc(O[C@@H]2CCN(C(=O)OC(C)(C)C)C2)cn1. The van der Waals surface area contributed by atoms with Crippen LogP contribution in [0.5, 0.6) is 5.75 Å². The highest BCUT2D eigenvalue weighted by Gasteiger charge is 2.30. The third kappa shape index (κ3) is 4.11. The molecular weight excluding hydrogens is 256 g/mol. The zero-order chi connectivity index (χ0) is 14.8. The van der Waals surface area contributed by atoms with Gasteiger partial charge in [0.1, 0.15) is 17.5 Å². The number of rotatable bonds is 2. The van der Waals surface area contributed by atoms with E-state index in [0.29, 0.717) is 13.1 Å². The Morgan fingerprint density at radius 1 is 1.40 bits per heavy atom. The van der Waals surface area contributed by atoms with Crippen molar-refractivity contribution in [3.05, 3.63) is 24.0 Å². The topological polar surface area (TPSA) is 51.7 Å². The van der Waals surface area contributed by atoms with E-state index in [0.717, 1.165) is 17.9 Å². The molecule has 0 aromatic carbocycles. The maximum Gasteiger partial charge on any atom is 0.410 e. The lowest BCUT2D eigenvalue weighted by molar-refractivity contribution is 0.0275. The molecule has 110 valence electrons. The highest BCUT2D eigenvalue weighted by Crippen LogP contribution is 2.20. The lowest BCUT2D eigenvalue weighted by Crippen LogP contribution is -2.36. The van der Waals surface area contributed by atoms with E-state index in [2.05, 4.69) is 4.98 Å². The van der Waals surface area contributed by atoms with E-state index in [-0.39, 0.29) is 12.2 Å². The van der Waals surface area contributed by atoms with Gasteiger partial charge < -0.3 is 14.4 Å². The van der Waals surface area contributed by atoms with E-state index in [9.17, 15) is 4.79 Å². The van der Waals surface area contributed by atoms with Crippen LogP contribution in [0.25, 0.3) is 0 Å². The zero-order valence-corrected chi connectivity index (χ0v) is 12.5. The van der Waals surface area contributed by atoms with Gasteiger partial charge in [-0.05, 0) is 39.8 Å². The average molecular weight is 278 g/mol. The first-order valence-corrected chi connectivity index (χ1v) is 6.91. The molecule has 0 spiro atoms. The van der Waals surface area contributed by atoms with E-state index in [1.165, 1.54) is 0 Å². The maximum absolute atomic E-state index is 11.9. The van der Waals surface area contributed by atoms with E-state index < -0.39 is 5.60 Å². The zero-order valence-electron chi connectivity index (χ0n) is 12.5. The fraction of sp³-hybridized carbons (Fsp3) is 0.600. The number of hydrogen-bond acceptors (Lipinski definition) is 4. The Bertz CT molecular complexity index is 465. The van der Waals surface area contributed by atoms with Gasteiger partial charge in [0, 0.05) is 18.7 Å². The number of hydrogen-bond donors (Lipinski definition) is 0. The number of amides is 1. The predicted octanol–water partition coefficient (Wildman–Crippen LogP) is 2.78. The Morgan fingerprint density at radius 3 is 2.75 bits per heavy atom. The molecule has 0 unspecified atom stereocenters. The second-order valence-electron chi connectivity index (χ2n) is 6.09. The molecule has 1 fully saturated rings. The fourth-order valence-corrected chi connectivity index (χ4v) is 2.03. The lowest BCUT2D eigenvalue weighted by Gasteiger charge is -2.24. The molecule has 1 aliphatic rings. The van der Waals surface area contributed by atoms with Crippen LogP contribution in [0.3, 0.4) is 0 Å². The van der Waals surface area contributed by atoms with Crippen LogP contribution in [0.4, 0.5) is 4.79 Å². The van der Waals surface area contributed by atoms with E-state index in [1.54, 1.807) is 11.1 Å². The van der Waals surface area contributed by atoms with Gasteiger partial charge >= 0.3 is 6.09 Å². The highest BCUT2D eigenvalue weighted by molar-refractivity contribution is 5.68. The number of ether oxygens (including phenoxy) is 2. The van der Waals surface area contributed by atoms with Crippen molar-refractivity contribution < 1.29 is 14.3 Å². The van der Waals surface area contributed by atoms with E-state index >= 15 is 0 Å². The first-order valence-electron chi connectivity index (χ1n) is 6.91. The second-order valence-corrected chi connectivity index (χ2v) is 6.09. The van der Waals surface area contributed by atoms with Gasteiger partial charge in [0.15, 0.2) is 0 Å². The standard InChI is InChI=1S/C15H22N2O3/c1-11-5-6-12(9-16-11)19-13-7-8-17(10-13)14(18)20-15(2,3)4/h5-6,9,13H,7-8,10H2,1-4H3/t13-/m1/s1. The minimum Gasteiger partial charge on any atom is -0.487 e. The van der Waals surface area contributed by atoms with Crippen molar-refractivity contribution in [2.24, 2.45) is 0 Å². The summed E-state index contributed by atoms with van der Waals surface area (Å²) in [5.41, 5.74) is 0.496. The summed E-state index contributed by atoms with van der Waals surface area (Å²) in [6.07, 6.45) is 2.26. The summed E-state index contributed by atoms with van der Waals surface area (Å²) in [5, 5.41) is 0. The van der Waals surface area contributed by atoms with Gasteiger partial charge in [0.2, 0.25) is 0 Å². The number of aryl methyl sites for hydroxylation is 1. The Balaban J connectivity index is 1.86. The molecule has 2 heterocycles. The molecule has 1 amide bonds. The minimum absolute atomic E-state index is 0.00650. The molecule has 1 aliphatic heterocycles. The summed E-state index contributed by atoms with van der Waals surface area (Å²) in [5.74, 6) is 0.742. The molecule has 0 aliphatic carbocycles. The van der Waals surface area contributed by atoms with Gasteiger partial charge in [-0.3, -0.25) is 4.98 Å². The first kappa shape index (κ1) is 14.6. The van der Waals surface area contributed by atoms with Crippen molar-refractivity contribution in [1.29, 1.82) is 0 Å². The largest absolute Gasteiger partial charge is 0.487 e. The molecule has 1 aromatic heterocycles. The molecule has 1 aromatic rings. The maximum atomic E-state index is 11.9. The van der Waals surface area contributed by atoms with Crippen molar-refractivity contribution >= 4 is 6.09 Å². The third-order valence-corrected chi connectivity index (χ3v) is 2.98. The molecule has 2 rings (SSSR count). The van der Waals surface area contributed by atoms with Crippen molar-refractivity contribution in [2.45, 2.75) is 45.8 Å². The second kappa shape index (κ2) is 5.69. The monoisotopic (exact) mass is 278 g/mol. The van der Waals surface area contributed by atoms with Crippen LogP contribution in [0.1, 0.15) is 32.9 Å². The van der Waals surface area contributed by atoms with Crippen LogP contribution in [-0.2, 0) is 4.74 Å². The van der Waals surface area contributed by atoms with Gasteiger partial charge in [-0.25, -0.2) is 4.79 Å². The Labute approximate surface area is 119 Å². The average Bonchev–Trinajstić information content (AvgIpc) is 2.79. The van der Waals surface area contributed by atoms with Crippen molar-refractivity contribution in [3.8, 4) is 5.75 Å². The number of pyridine rings is 1. The predicted molar refractivity (Wildman–Crippen MR) is 75.8 cm³/mol.